The van der Waals surface area contributed by atoms with Crippen molar-refractivity contribution < 1.29 is 14.3 Å². The minimum atomic E-state index is -1.16. The van der Waals surface area contributed by atoms with Crippen LogP contribution in [0.5, 0.6) is 0 Å². The number of carboxylic acids is 1. The summed E-state index contributed by atoms with van der Waals surface area (Å²) in [5.74, 6) is -1.75. The summed E-state index contributed by atoms with van der Waals surface area (Å²) in [4.78, 5) is 15.0. The number of nitrogens with one attached hydrogen (secondary N) is 1. The molecule has 2 N–H and O–H groups in total. The van der Waals surface area contributed by atoms with Gasteiger partial charge in [-0.25, -0.2) is 9.18 Å². The number of hydrogen-bond acceptors (Lipinski definition) is 3. The Labute approximate surface area is 138 Å². The summed E-state index contributed by atoms with van der Waals surface area (Å²) in [6, 6.07) is 15.3. The molecule has 24 heavy (non-hydrogen) atoms. The number of carboxylic acid groups (broad SMARTS) is 1. The van der Waals surface area contributed by atoms with Crippen LogP contribution in [-0.4, -0.2) is 16.1 Å². The van der Waals surface area contributed by atoms with Gasteiger partial charge in [-0.2, -0.15) is 0 Å². The lowest BCUT2D eigenvalue weighted by Gasteiger charge is -2.09. The van der Waals surface area contributed by atoms with E-state index in [4.69, 9.17) is 5.11 Å². The number of pyridine rings is 1. The molecule has 0 bridgehead atoms. The van der Waals surface area contributed by atoms with Crippen molar-refractivity contribution in [3.05, 3.63) is 89.5 Å². The molecule has 4 nitrogen and oxygen atoms in total. The minimum absolute atomic E-state index is 0.0909. The highest BCUT2D eigenvalue weighted by Gasteiger charge is 2.07. The SMILES string of the molecule is O=C(O)c1cc(F)cc(Nc2ccc(Cc3ccncc3)cc2)c1. The highest BCUT2D eigenvalue weighted by atomic mass is 19.1. The van der Waals surface area contributed by atoms with E-state index in [9.17, 15) is 9.18 Å². The van der Waals surface area contributed by atoms with Gasteiger partial charge in [0, 0.05) is 23.8 Å². The molecule has 2 aromatic carbocycles. The van der Waals surface area contributed by atoms with Crippen LogP contribution in [0.2, 0.25) is 0 Å². The number of aromatic nitrogens is 1. The standard InChI is InChI=1S/C19H15FN2O2/c20-16-10-15(19(23)24)11-18(12-16)22-17-3-1-13(2-4-17)9-14-5-7-21-8-6-14/h1-8,10-12,22H,9H2,(H,23,24). The van der Waals surface area contributed by atoms with Gasteiger partial charge in [-0.15, -0.1) is 0 Å². The van der Waals surface area contributed by atoms with Crippen LogP contribution in [-0.2, 0) is 6.42 Å². The van der Waals surface area contributed by atoms with Crippen LogP contribution in [0.15, 0.2) is 67.0 Å². The Balaban J connectivity index is 1.73. The zero-order chi connectivity index (χ0) is 16.9. The summed E-state index contributed by atoms with van der Waals surface area (Å²) in [5, 5.41) is 12.0. The summed E-state index contributed by atoms with van der Waals surface area (Å²) < 4.78 is 13.5. The highest BCUT2D eigenvalue weighted by molar-refractivity contribution is 5.89. The van der Waals surface area contributed by atoms with Crippen molar-refractivity contribution in [1.82, 2.24) is 4.98 Å². The molecule has 1 aromatic heterocycles. The maximum Gasteiger partial charge on any atom is 0.335 e. The quantitative estimate of drug-likeness (QED) is 0.737. The largest absolute Gasteiger partial charge is 0.478 e. The molecule has 0 saturated heterocycles. The smallest absolute Gasteiger partial charge is 0.335 e. The Hall–Kier alpha value is -3.21. The van der Waals surface area contributed by atoms with E-state index in [1.165, 1.54) is 17.7 Å². The van der Waals surface area contributed by atoms with E-state index in [1.54, 1.807) is 12.4 Å². The predicted molar refractivity (Wildman–Crippen MR) is 90.1 cm³/mol. The molecule has 1 heterocycles. The average molecular weight is 322 g/mol. The number of hydrogen-bond donors (Lipinski definition) is 2. The fraction of sp³-hybridized carbons (Fsp3) is 0.0526. The first kappa shape index (κ1) is 15.7. The molecule has 3 rings (SSSR count). The Kier molecular flexibility index (Phi) is 4.52. The molecule has 120 valence electrons. The maximum absolute atomic E-state index is 13.5. The first-order valence-corrected chi connectivity index (χ1v) is 7.39. The Bertz CT molecular complexity index is 849. The first-order chi connectivity index (χ1) is 11.6. The van der Waals surface area contributed by atoms with Gasteiger partial charge < -0.3 is 10.4 Å². The summed E-state index contributed by atoms with van der Waals surface area (Å²) in [7, 11) is 0. The number of rotatable bonds is 5. The van der Waals surface area contributed by atoms with E-state index in [0.717, 1.165) is 23.7 Å². The van der Waals surface area contributed by atoms with Crippen LogP contribution in [0.1, 0.15) is 21.5 Å². The second kappa shape index (κ2) is 6.91. The molecule has 0 amide bonds. The van der Waals surface area contributed by atoms with E-state index in [-0.39, 0.29) is 5.56 Å². The van der Waals surface area contributed by atoms with Crippen molar-refractivity contribution in [2.75, 3.05) is 5.32 Å². The molecule has 3 aromatic rings. The molecule has 0 aliphatic rings. The van der Waals surface area contributed by atoms with Gasteiger partial charge in [-0.05, 0) is 60.0 Å². The number of benzene rings is 2. The number of carbonyl (C=O) groups is 1. The highest BCUT2D eigenvalue weighted by Crippen LogP contribution is 2.21. The molecule has 0 fully saturated rings. The lowest BCUT2D eigenvalue weighted by Crippen LogP contribution is -1.99. The van der Waals surface area contributed by atoms with E-state index in [0.29, 0.717) is 5.69 Å². The van der Waals surface area contributed by atoms with Crippen LogP contribution in [0.3, 0.4) is 0 Å². The molecule has 0 aliphatic heterocycles. The molecule has 0 saturated carbocycles. The van der Waals surface area contributed by atoms with E-state index >= 15 is 0 Å². The molecule has 0 radical (unpaired) electrons. The van der Waals surface area contributed by atoms with Gasteiger partial charge in [0.15, 0.2) is 0 Å². The third-order valence-electron chi connectivity index (χ3n) is 3.54. The molecule has 0 spiro atoms. The summed E-state index contributed by atoms with van der Waals surface area (Å²) in [5.41, 5.74) is 3.37. The molecule has 0 aliphatic carbocycles. The van der Waals surface area contributed by atoms with Crippen molar-refractivity contribution in [3.8, 4) is 0 Å². The summed E-state index contributed by atoms with van der Waals surface area (Å²) in [6.45, 7) is 0. The van der Waals surface area contributed by atoms with E-state index in [2.05, 4.69) is 10.3 Å². The lowest BCUT2D eigenvalue weighted by molar-refractivity contribution is 0.0696. The Morgan fingerprint density at radius 3 is 2.29 bits per heavy atom. The van der Waals surface area contributed by atoms with Crippen LogP contribution in [0.4, 0.5) is 15.8 Å². The van der Waals surface area contributed by atoms with E-state index in [1.807, 2.05) is 36.4 Å². The number of anilines is 2. The molecule has 0 unspecified atom stereocenters. The van der Waals surface area contributed by atoms with Crippen molar-refractivity contribution >= 4 is 17.3 Å². The van der Waals surface area contributed by atoms with Gasteiger partial charge in [0.2, 0.25) is 0 Å². The van der Waals surface area contributed by atoms with Gasteiger partial charge >= 0.3 is 5.97 Å². The van der Waals surface area contributed by atoms with Crippen LogP contribution < -0.4 is 5.32 Å². The predicted octanol–water partition coefficient (Wildman–Crippen LogP) is 4.25. The fourth-order valence-electron chi connectivity index (χ4n) is 2.39. The zero-order valence-electron chi connectivity index (χ0n) is 12.7. The fourth-order valence-corrected chi connectivity index (χ4v) is 2.39. The maximum atomic E-state index is 13.5. The Morgan fingerprint density at radius 2 is 1.62 bits per heavy atom. The Morgan fingerprint density at radius 1 is 0.958 bits per heavy atom. The second-order valence-electron chi connectivity index (χ2n) is 5.39. The summed E-state index contributed by atoms with van der Waals surface area (Å²) in [6.07, 6.45) is 4.32. The van der Waals surface area contributed by atoms with Gasteiger partial charge in [-0.3, -0.25) is 4.98 Å². The van der Waals surface area contributed by atoms with E-state index < -0.39 is 11.8 Å². The van der Waals surface area contributed by atoms with Gasteiger partial charge in [0.05, 0.1) is 5.56 Å². The second-order valence-corrected chi connectivity index (χ2v) is 5.39. The van der Waals surface area contributed by atoms with Crippen molar-refractivity contribution in [2.45, 2.75) is 6.42 Å². The van der Waals surface area contributed by atoms with Crippen LogP contribution >= 0.6 is 0 Å². The third kappa shape index (κ3) is 3.95. The average Bonchev–Trinajstić information content (AvgIpc) is 2.57. The minimum Gasteiger partial charge on any atom is -0.478 e. The van der Waals surface area contributed by atoms with Crippen molar-refractivity contribution in [3.63, 3.8) is 0 Å². The molecular formula is C19H15FN2O2. The molecular weight excluding hydrogens is 307 g/mol. The monoisotopic (exact) mass is 322 g/mol. The molecule has 5 heteroatoms. The van der Waals surface area contributed by atoms with Crippen molar-refractivity contribution in [2.24, 2.45) is 0 Å². The van der Waals surface area contributed by atoms with Crippen LogP contribution in [0, 0.1) is 5.82 Å². The van der Waals surface area contributed by atoms with Gasteiger partial charge in [0.25, 0.3) is 0 Å². The zero-order valence-corrected chi connectivity index (χ0v) is 12.7. The van der Waals surface area contributed by atoms with Crippen molar-refractivity contribution in [1.29, 1.82) is 0 Å². The van der Waals surface area contributed by atoms with Gasteiger partial charge in [-0.1, -0.05) is 12.1 Å². The first-order valence-electron chi connectivity index (χ1n) is 7.39. The number of aromatic carboxylic acids is 1. The normalized spacial score (nSPS) is 10.4. The van der Waals surface area contributed by atoms with Crippen LogP contribution in [0.25, 0.3) is 0 Å². The summed E-state index contributed by atoms with van der Waals surface area (Å²) >= 11 is 0. The molecule has 0 atom stereocenters. The topological polar surface area (TPSA) is 62.2 Å². The lowest BCUT2D eigenvalue weighted by atomic mass is 10.1. The third-order valence-corrected chi connectivity index (χ3v) is 3.54. The number of nitrogens with zero attached hydrogens (tertiary/aromatic N) is 1. The van der Waals surface area contributed by atoms with Gasteiger partial charge in [0.1, 0.15) is 5.82 Å². The number of halogens is 1.